The summed E-state index contributed by atoms with van der Waals surface area (Å²) in [6, 6.07) is 4.18. The molecule has 4 nitrogen and oxygen atoms in total. The number of nitrogens with one attached hydrogen (secondary N) is 1. The van der Waals surface area contributed by atoms with Gasteiger partial charge in [0.2, 0.25) is 5.82 Å². The maximum Gasteiger partial charge on any atom is 0.451 e. The fourth-order valence-corrected chi connectivity index (χ4v) is 1.40. The van der Waals surface area contributed by atoms with Gasteiger partial charge in [-0.2, -0.15) is 13.2 Å². The minimum Gasteiger partial charge on any atom is -0.384 e. The smallest absolute Gasteiger partial charge is 0.384 e. The first-order chi connectivity index (χ1) is 9.27. The average Bonchev–Trinajstić information content (AvgIpc) is 2.33. The topological polar surface area (TPSA) is 63.8 Å². The zero-order valence-corrected chi connectivity index (χ0v) is 9.67. The number of halogens is 5. The molecule has 0 saturated heterocycles. The molecule has 2 aromatic rings. The standard InChI is InChI=1S/C11H7F5N4/c12-5-2-1-3-6(9(5)13)18-8-4-7(17)19-10(20-8)11(14,15)16/h1-4H,(H3,17,18,19,20). The van der Waals surface area contributed by atoms with E-state index in [-0.39, 0.29) is 5.69 Å². The maximum atomic E-state index is 13.4. The molecule has 2 rings (SSSR count). The molecule has 0 bridgehead atoms. The Hall–Kier alpha value is -2.45. The first kappa shape index (κ1) is 14.0. The zero-order chi connectivity index (χ0) is 14.9. The number of nitrogens with two attached hydrogens (primary N) is 1. The van der Waals surface area contributed by atoms with Crippen LogP contribution >= 0.6 is 0 Å². The van der Waals surface area contributed by atoms with Crippen LogP contribution in [0.1, 0.15) is 5.82 Å². The summed E-state index contributed by atoms with van der Waals surface area (Å²) in [5.74, 6) is -4.70. The molecule has 0 aliphatic heterocycles. The zero-order valence-electron chi connectivity index (χ0n) is 9.67. The van der Waals surface area contributed by atoms with E-state index in [1.165, 1.54) is 6.07 Å². The molecule has 0 radical (unpaired) electrons. The van der Waals surface area contributed by atoms with Crippen LogP contribution in [0.3, 0.4) is 0 Å². The van der Waals surface area contributed by atoms with Gasteiger partial charge in [0.25, 0.3) is 0 Å². The van der Waals surface area contributed by atoms with Crippen LogP contribution in [0, 0.1) is 11.6 Å². The molecular formula is C11H7F5N4. The van der Waals surface area contributed by atoms with Crippen molar-refractivity contribution in [2.75, 3.05) is 11.1 Å². The number of aromatic nitrogens is 2. The van der Waals surface area contributed by atoms with Crippen LogP contribution in [-0.2, 0) is 6.18 Å². The van der Waals surface area contributed by atoms with Gasteiger partial charge in [-0.15, -0.1) is 0 Å². The van der Waals surface area contributed by atoms with Crippen molar-refractivity contribution < 1.29 is 22.0 Å². The predicted octanol–water partition coefficient (Wildman–Crippen LogP) is 3.10. The first-order valence-corrected chi connectivity index (χ1v) is 5.20. The second-order valence-electron chi connectivity index (χ2n) is 3.73. The van der Waals surface area contributed by atoms with Gasteiger partial charge in [-0.25, -0.2) is 18.7 Å². The van der Waals surface area contributed by atoms with Crippen molar-refractivity contribution in [3.8, 4) is 0 Å². The Labute approximate surface area is 109 Å². The van der Waals surface area contributed by atoms with E-state index in [9.17, 15) is 22.0 Å². The summed E-state index contributed by atoms with van der Waals surface area (Å²) < 4.78 is 63.8. The highest BCUT2D eigenvalue weighted by molar-refractivity contribution is 5.59. The van der Waals surface area contributed by atoms with Crippen LogP contribution in [0.25, 0.3) is 0 Å². The van der Waals surface area contributed by atoms with Gasteiger partial charge in [-0.05, 0) is 12.1 Å². The molecule has 0 amide bonds. The SMILES string of the molecule is Nc1cc(Nc2cccc(F)c2F)nc(C(F)(F)F)n1. The van der Waals surface area contributed by atoms with E-state index in [2.05, 4.69) is 15.3 Å². The fourth-order valence-electron chi connectivity index (χ4n) is 1.40. The van der Waals surface area contributed by atoms with Crippen LogP contribution in [0.2, 0.25) is 0 Å². The molecule has 0 spiro atoms. The van der Waals surface area contributed by atoms with Crippen molar-refractivity contribution in [2.45, 2.75) is 6.18 Å². The third-order valence-electron chi connectivity index (χ3n) is 2.21. The Morgan fingerprint density at radius 2 is 1.80 bits per heavy atom. The fraction of sp³-hybridized carbons (Fsp3) is 0.0909. The molecule has 0 aliphatic rings. The monoisotopic (exact) mass is 290 g/mol. The highest BCUT2D eigenvalue weighted by atomic mass is 19.4. The number of hydrogen-bond donors (Lipinski definition) is 2. The third kappa shape index (κ3) is 2.92. The maximum absolute atomic E-state index is 13.4. The molecular weight excluding hydrogens is 283 g/mol. The van der Waals surface area contributed by atoms with Crippen molar-refractivity contribution in [2.24, 2.45) is 0 Å². The second kappa shape index (κ2) is 4.91. The summed E-state index contributed by atoms with van der Waals surface area (Å²) in [4.78, 5) is 6.18. The largest absolute Gasteiger partial charge is 0.451 e. The van der Waals surface area contributed by atoms with Crippen molar-refractivity contribution >= 4 is 17.3 Å². The number of anilines is 3. The predicted molar refractivity (Wildman–Crippen MR) is 61.1 cm³/mol. The summed E-state index contributed by atoms with van der Waals surface area (Å²) in [7, 11) is 0. The normalized spacial score (nSPS) is 11.4. The van der Waals surface area contributed by atoms with Crippen LogP contribution < -0.4 is 11.1 Å². The van der Waals surface area contributed by atoms with E-state index in [1.54, 1.807) is 0 Å². The van der Waals surface area contributed by atoms with Gasteiger partial charge in [-0.1, -0.05) is 6.07 Å². The van der Waals surface area contributed by atoms with Gasteiger partial charge in [0.05, 0.1) is 5.69 Å². The Bertz CT molecular complexity index is 641. The summed E-state index contributed by atoms with van der Waals surface area (Å²) in [6.07, 6.45) is -4.80. The van der Waals surface area contributed by atoms with E-state index in [1.807, 2.05) is 0 Å². The summed E-state index contributed by atoms with van der Waals surface area (Å²) in [6.45, 7) is 0. The van der Waals surface area contributed by atoms with Crippen LogP contribution in [0.5, 0.6) is 0 Å². The van der Waals surface area contributed by atoms with Crippen LogP contribution in [0.4, 0.5) is 39.3 Å². The van der Waals surface area contributed by atoms with Gasteiger partial charge in [0, 0.05) is 6.07 Å². The third-order valence-corrected chi connectivity index (χ3v) is 2.21. The Balaban J connectivity index is 2.39. The van der Waals surface area contributed by atoms with Gasteiger partial charge < -0.3 is 11.1 Å². The number of benzene rings is 1. The lowest BCUT2D eigenvalue weighted by Crippen LogP contribution is -2.13. The lowest BCUT2D eigenvalue weighted by atomic mass is 10.3. The Morgan fingerprint density at radius 3 is 2.45 bits per heavy atom. The summed E-state index contributed by atoms with van der Waals surface area (Å²) in [5.41, 5.74) is 4.85. The molecule has 1 aromatic carbocycles. The molecule has 0 saturated carbocycles. The molecule has 1 heterocycles. The first-order valence-electron chi connectivity index (χ1n) is 5.20. The minimum atomic E-state index is -4.80. The second-order valence-corrected chi connectivity index (χ2v) is 3.73. The van der Waals surface area contributed by atoms with E-state index < -0.39 is 35.3 Å². The summed E-state index contributed by atoms with van der Waals surface area (Å²) in [5, 5.41) is 2.22. The number of nitrogens with zero attached hydrogens (tertiary/aromatic N) is 2. The molecule has 9 heteroatoms. The van der Waals surface area contributed by atoms with E-state index >= 15 is 0 Å². The van der Waals surface area contributed by atoms with Crippen molar-refractivity contribution in [1.82, 2.24) is 9.97 Å². The number of alkyl halides is 3. The molecule has 20 heavy (non-hydrogen) atoms. The van der Waals surface area contributed by atoms with Crippen LogP contribution in [0.15, 0.2) is 24.3 Å². The molecule has 0 aliphatic carbocycles. The molecule has 106 valence electrons. The number of hydrogen-bond acceptors (Lipinski definition) is 4. The lowest BCUT2D eigenvalue weighted by Gasteiger charge is -2.10. The van der Waals surface area contributed by atoms with Crippen molar-refractivity contribution in [3.05, 3.63) is 41.7 Å². The van der Waals surface area contributed by atoms with E-state index in [0.717, 1.165) is 18.2 Å². The molecule has 3 N–H and O–H groups in total. The molecule has 0 atom stereocenters. The Kier molecular flexibility index (Phi) is 3.43. The Morgan fingerprint density at radius 1 is 1.10 bits per heavy atom. The lowest BCUT2D eigenvalue weighted by molar-refractivity contribution is -0.144. The van der Waals surface area contributed by atoms with E-state index in [4.69, 9.17) is 5.73 Å². The van der Waals surface area contributed by atoms with Gasteiger partial charge in [0.15, 0.2) is 11.6 Å². The van der Waals surface area contributed by atoms with Crippen molar-refractivity contribution in [3.63, 3.8) is 0 Å². The highest BCUT2D eigenvalue weighted by Gasteiger charge is 2.35. The molecule has 0 unspecified atom stereocenters. The highest BCUT2D eigenvalue weighted by Crippen LogP contribution is 2.29. The average molecular weight is 290 g/mol. The molecule has 0 fully saturated rings. The molecule has 1 aromatic heterocycles. The van der Waals surface area contributed by atoms with Crippen molar-refractivity contribution in [1.29, 1.82) is 0 Å². The van der Waals surface area contributed by atoms with Gasteiger partial charge >= 0.3 is 6.18 Å². The minimum absolute atomic E-state index is 0.365. The van der Waals surface area contributed by atoms with Gasteiger partial charge in [-0.3, -0.25) is 0 Å². The van der Waals surface area contributed by atoms with Crippen LogP contribution in [-0.4, -0.2) is 9.97 Å². The quantitative estimate of drug-likeness (QED) is 0.834. The van der Waals surface area contributed by atoms with E-state index in [0.29, 0.717) is 0 Å². The number of rotatable bonds is 2. The summed E-state index contributed by atoms with van der Waals surface area (Å²) >= 11 is 0. The number of nitrogen functional groups attached to an aromatic ring is 1. The van der Waals surface area contributed by atoms with Gasteiger partial charge in [0.1, 0.15) is 11.6 Å².